The molecule has 0 aromatic carbocycles. The molecule has 0 aliphatic heterocycles. The lowest BCUT2D eigenvalue weighted by molar-refractivity contribution is 0.170. The van der Waals surface area contributed by atoms with Crippen molar-refractivity contribution in [2.45, 2.75) is 18.9 Å². The van der Waals surface area contributed by atoms with E-state index in [1.54, 1.807) is 0 Å². The Bertz CT molecular complexity index is 519. The Morgan fingerprint density at radius 2 is 1.11 bits per heavy atom. The molecule has 0 aliphatic rings. The summed E-state index contributed by atoms with van der Waals surface area (Å²) in [5, 5.41) is 0. The van der Waals surface area contributed by atoms with Crippen molar-refractivity contribution in [2.24, 2.45) is 0 Å². The third kappa shape index (κ3) is 12.2. The van der Waals surface area contributed by atoms with E-state index in [0.29, 0.717) is 0 Å². The molecule has 0 spiro atoms. The fourth-order valence-corrected chi connectivity index (χ4v) is 2.59. The van der Waals surface area contributed by atoms with Crippen LogP contribution in [-0.2, 0) is 34.8 Å². The van der Waals surface area contributed by atoms with Crippen LogP contribution in [0.4, 0.5) is 0 Å². The van der Waals surface area contributed by atoms with Crippen LogP contribution in [0.1, 0.15) is 12.8 Å². The molecule has 110 valence electrons. The van der Waals surface area contributed by atoms with Crippen LogP contribution in [0.2, 0.25) is 0 Å². The van der Waals surface area contributed by atoms with E-state index in [0.717, 1.165) is 0 Å². The highest BCUT2D eigenvalue weighted by Gasteiger charge is 2.15. The van der Waals surface area contributed by atoms with Crippen molar-refractivity contribution >= 4 is 30.6 Å². The lowest BCUT2D eigenvalue weighted by Gasteiger charge is -2.20. The van der Waals surface area contributed by atoms with E-state index in [9.17, 15) is 38.9 Å². The van der Waals surface area contributed by atoms with Crippen LogP contribution < -0.4 is 0 Å². The molecule has 0 unspecified atom stereocenters. The molecule has 0 heterocycles. The Morgan fingerprint density at radius 3 is 1.33 bits per heavy atom. The van der Waals surface area contributed by atoms with Gasteiger partial charge in [0.2, 0.25) is 10.4 Å². The third-order valence-electron chi connectivity index (χ3n) is 1.63. The second-order valence-electron chi connectivity index (χ2n) is 3.23. The maximum Gasteiger partial charge on any atom is 0.217 e. The summed E-state index contributed by atoms with van der Waals surface area (Å²) in [6.07, 6.45) is -3.06. The molecular formula is C5H9O10S3-3. The summed E-state index contributed by atoms with van der Waals surface area (Å²) in [5.74, 6) is -2.10. The molecular weight excluding hydrogens is 316 g/mol. The van der Waals surface area contributed by atoms with E-state index in [1.165, 1.54) is 0 Å². The molecule has 0 aromatic heterocycles. The van der Waals surface area contributed by atoms with Gasteiger partial charge in [-0.1, -0.05) is 0 Å². The van der Waals surface area contributed by atoms with Crippen molar-refractivity contribution in [1.82, 2.24) is 0 Å². The molecule has 0 saturated heterocycles. The summed E-state index contributed by atoms with van der Waals surface area (Å²) in [7, 11) is -14.6. The third-order valence-corrected chi connectivity index (χ3v) is 3.61. The van der Waals surface area contributed by atoms with Crippen LogP contribution in [0.15, 0.2) is 0 Å². The first-order chi connectivity index (χ1) is 7.79. The smallest absolute Gasteiger partial charge is 0.217 e. The van der Waals surface area contributed by atoms with Crippen molar-refractivity contribution in [1.29, 1.82) is 0 Å². The highest BCUT2D eigenvalue weighted by Crippen LogP contribution is 2.10. The highest BCUT2D eigenvalue weighted by atomic mass is 32.3. The number of hydrogen-bond donors (Lipinski definition) is 0. The zero-order valence-corrected chi connectivity index (χ0v) is 11.2. The Hall–Kier alpha value is -0.310. The Labute approximate surface area is 104 Å². The van der Waals surface area contributed by atoms with Gasteiger partial charge in [0.05, 0.1) is 26.3 Å². The van der Waals surface area contributed by atoms with Gasteiger partial charge in [0, 0.05) is 11.5 Å². The minimum Gasteiger partial charge on any atom is -0.748 e. The van der Waals surface area contributed by atoms with Gasteiger partial charge in [-0.15, -0.1) is 0 Å². The van der Waals surface area contributed by atoms with Crippen LogP contribution >= 0.6 is 0 Å². The van der Waals surface area contributed by atoms with Gasteiger partial charge in [0.25, 0.3) is 0 Å². The van der Waals surface area contributed by atoms with Crippen molar-refractivity contribution in [3.8, 4) is 0 Å². The van der Waals surface area contributed by atoms with Gasteiger partial charge >= 0.3 is 0 Å². The maximum atomic E-state index is 10.3. The van der Waals surface area contributed by atoms with E-state index < -0.39 is 61.1 Å². The molecule has 0 atom stereocenters. The van der Waals surface area contributed by atoms with Gasteiger partial charge in [-0.3, -0.25) is 4.18 Å². The second-order valence-corrected chi connectivity index (χ2v) is 7.28. The van der Waals surface area contributed by atoms with Gasteiger partial charge in [-0.05, 0) is 12.8 Å². The summed E-state index contributed by atoms with van der Waals surface area (Å²) in [6, 6.07) is 0. The highest BCUT2D eigenvalue weighted by molar-refractivity contribution is 7.86. The lowest BCUT2D eigenvalue weighted by Crippen LogP contribution is -2.24. The standard InChI is InChI=1S/C5H12O10S3/c6-16(7,8)3-1-5(15-18(12,13)14)2-4-17(9,10)11/h5H,1-4H2,(H,6,7,8)(H,9,10,11)(H,12,13,14)/p-3. The minimum absolute atomic E-state index is 0.706. The fraction of sp³-hybridized carbons (Fsp3) is 1.00. The molecule has 0 N–H and O–H groups in total. The molecule has 0 amide bonds. The second kappa shape index (κ2) is 6.23. The molecule has 0 rings (SSSR count). The predicted molar refractivity (Wildman–Crippen MR) is 52.9 cm³/mol. The van der Waals surface area contributed by atoms with Crippen LogP contribution in [0.5, 0.6) is 0 Å². The van der Waals surface area contributed by atoms with Crippen molar-refractivity contribution in [3.63, 3.8) is 0 Å². The molecule has 0 aliphatic carbocycles. The summed E-state index contributed by atoms with van der Waals surface area (Å²) < 4.78 is 96.3. The largest absolute Gasteiger partial charge is 0.748 e. The van der Waals surface area contributed by atoms with Gasteiger partial charge in [0.15, 0.2) is 0 Å². The van der Waals surface area contributed by atoms with Gasteiger partial charge in [0.1, 0.15) is 0 Å². The van der Waals surface area contributed by atoms with E-state index in [4.69, 9.17) is 0 Å². The number of rotatable bonds is 8. The van der Waals surface area contributed by atoms with Gasteiger partial charge in [-0.25, -0.2) is 25.3 Å². The molecule has 0 aromatic rings. The van der Waals surface area contributed by atoms with E-state index in [1.807, 2.05) is 0 Å². The van der Waals surface area contributed by atoms with Gasteiger partial charge in [-0.2, -0.15) is 0 Å². The summed E-state index contributed by atoms with van der Waals surface area (Å²) in [6.45, 7) is 0. The molecule has 10 nitrogen and oxygen atoms in total. The Balaban J connectivity index is 4.63. The van der Waals surface area contributed by atoms with Crippen LogP contribution in [0.25, 0.3) is 0 Å². The predicted octanol–water partition coefficient (Wildman–Crippen LogP) is -2.30. The first-order valence-corrected chi connectivity index (χ1v) is 8.78. The van der Waals surface area contributed by atoms with Crippen LogP contribution in [-0.4, -0.2) is 56.5 Å². The fourth-order valence-electron chi connectivity index (χ4n) is 0.959. The first-order valence-electron chi connectivity index (χ1n) is 4.30. The van der Waals surface area contributed by atoms with Crippen molar-refractivity contribution in [2.75, 3.05) is 11.5 Å². The zero-order valence-electron chi connectivity index (χ0n) is 8.71. The summed E-state index contributed by atoms with van der Waals surface area (Å²) in [5.41, 5.74) is 0. The van der Waals surface area contributed by atoms with Crippen molar-refractivity contribution < 1.29 is 43.1 Å². The normalized spacial score (nSPS) is 14.0. The maximum absolute atomic E-state index is 10.3. The quantitative estimate of drug-likeness (QED) is 0.347. The SMILES string of the molecule is O=S(=O)([O-])CCC(CCS(=O)(=O)[O-])OS(=O)(=O)[O-]. The van der Waals surface area contributed by atoms with Crippen LogP contribution in [0.3, 0.4) is 0 Å². The topological polar surface area (TPSA) is 181 Å². The lowest BCUT2D eigenvalue weighted by atomic mass is 10.2. The summed E-state index contributed by atoms with van der Waals surface area (Å²) in [4.78, 5) is 0. The first kappa shape index (κ1) is 17.7. The molecule has 0 saturated carbocycles. The van der Waals surface area contributed by atoms with E-state index in [2.05, 4.69) is 4.18 Å². The Kier molecular flexibility index (Phi) is 6.12. The Morgan fingerprint density at radius 1 is 0.778 bits per heavy atom. The monoisotopic (exact) mass is 325 g/mol. The molecule has 0 radical (unpaired) electrons. The molecule has 0 bridgehead atoms. The molecule has 0 fully saturated rings. The average Bonchev–Trinajstić information content (AvgIpc) is 2.05. The van der Waals surface area contributed by atoms with Crippen molar-refractivity contribution in [3.05, 3.63) is 0 Å². The van der Waals surface area contributed by atoms with Gasteiger partial charge < -0.3 is 13.7 Å². The van der Waals surface area contributed by atoms with Crippen LogP contribution in [0, 0.1) is 0 Å². The van der Waals surface area contributed by atoms with E-state index in [-0.39, 0.29) is 0 Å². The molecule has 18 heavy (non-hydrogen) atoms. The zero-order chi connectivity index (χ0) is 14.6. The number of hydrogen-bond acceptors (Lipinski definition) is 10. The average molecular weight is 325 g/mol. The van der Waals surface area contributed by atoms with E-state index >= 15 is 0 Å². The molecule has 13 heteroatoms. The minimum atomic E-state index is -5.20. The summed E-state index contributed by atoms with van der Waals surface area (Å²) >= 11 is 0.